The van der Waals surface area contributed by atoms with Gasteiger partial charge in [-0.25, -0.2) is 0 Å². The molecule has 0 bridgehead atoms. The van der Waals surface area contributed by atoms with Crippen LogP contribution in [0.25, 0.3) is 0 Å². The van der Waals surface area contributed by atoms with Gasteiger partial charge in [0, 0.05) is 12.0 Å². The third kappa shape index (κ3) is 11.6. The second-order valence-electron chi connectivity index (χ2n) is 3.13. The first-order valence-electron chi connectivity index (χ1n) is 5.15. The summed E-state index contributed by atoms with van der Waals surface area (Å²) in [5.74, 6) is 5.93. The molecule has 0 aromatic rings. The maximum Gasteiger partial charge on any atom is 0.0126 e. The zero-order chi connectivity index (χ0) is 9.78. The first-order chi connectivity index (χ1) is 6.41. The van der Waals surface area contributed by atoms with Gasteiger partial charge in [0.1, 0.15) is 0 Å². The minimum absolute atomic E-state index is 1.01. The van der Waals surface area contributed by atoms with Crippen LogP contribution in [-0.4, -0.2) is 0 Å². The van der Waals surface area contributed by atoms with Gasteiger partial charge in [-0.05, 0) is 12.5 Å². The van der Waals surface area contributed by atoms with Crippen molar-refractivity contribution in [3.63, 3.8) is 0 Å². The molecule has 0 nitrogen and oxygen atoms in total. The smallest absolute Gasteiger partial charge is 0.0126 e. The summed E-state index contributed by atoms with van der Waals surface area (Å²) in [7, 11) is 0. The molecule has 0 spiro atoms. The highest BCUT2D eigenvalue weighted by Gasteiger charge is 1.87. The molecule has 0 aliphatic rings. The molecule has 0 aromatic heterocycles. The van der Waals surface area contributed by atoms with E-state index in [4.69, 9.17) is 11.6 Å². The summed E-state index contributed by atoms with van der Waals surface area (Å²) in [5.41, 5.74) is 1.45. The minimum atomic E-state index is 1.01. The molecule has 0 aromatic carbocycles. The Labute approximate surface area is 87.4 Å². The molecule has 0 fully saturated rings. The second kappa shape index (κ2) is 11.6. The molecule has 74 valence electrons. The van der Waals surface area contributed by atoms with Gasteiger partial charge in [0.25, 0.3) is 0 Å². The van der Waals surface area contributed by atoms with E-state index in [0.29, 0.717) is 0 Å². The van der Waals surface area contributed by atoms with E-state index in [2.05, 4.69) is 18.8 Å². The molecule has 0 unspecified atom stereocenters. The van der Waals surface area contributed by atoms with Crippen LogP contribution in [0.2, 0.25) is 0 Å². The lowest BCUT2D eigenvalue weighted by atomic mass is 10.1. The first kappa shape index (κ1) is 12.6. The molecule has 0 atom stereocenters. The van der Waals surface area contributed by atoms with Crippen LogP contribution in [0.3, 0.4) is 0 Å². The number of unbranched alkanes of at least 4 members (excludes halogenated alkanes) is 6. The van der Waals surface area contributed by atoms with Crippen molar-refractivity contribution in [2.45, 2.75) is 51.9 Å². The van der Waals surface area contributed by atoms with E-state index < -0.39 is 0 Å². The lowest BCUT2D eigenvalue weighted by Crippen LogP contribution is -1.77. The molecule has 0 aliphatic heterocycles. The van der Waals surface area contributed by atoms with Crippen LogP contribution in [0.5, 0.6) is 0 Å². The fourth-order valence-corrected chi connectivity index (χ4v) is 1.22. The Morgan fingerprint density at radius 2 is 1.77 bits per heavy atom. The Morgan fingerprint density at radius 1 is 1.08 bits per heavy atom. The fourth-order valence-electron chi connectivity index (χ4n) is 1.16. The van der Waals surface area contributed by atoms with Crippen LogP contribution < -0.4 is 0 Å². The van der Waals surface area contributed by atoms with Crippen molar-refractivity contribution in [2.75, 3.05) is 0 Å². The molecule has 1 heteroatoms. The number of hydrogen-bond acceptors (Lipinski definition) is 0. The van der Waals surface area contributed by atoms with Gasteiger partial charge < -0.3 is 0 Å². The van der Waals surface area contributed by atoms with Crippen molar-refractivity contribution in [1.82, 2.24) is 0 Å². The van der Waals surface area contributed by atoms with Crippen molar-refractivity contribution in [3.05, 3.63) is 11.6 Å². The summed E-state index contributed by atoms with van der Waals surface area (Å²) in [4.78, 5) is 0. The molecule has 13 heavy (non-hydrogen) atoms. The van der Waals surface area contributed by atoms with E-state index in [1.807, 2.05) is 0 Å². The maximum absolute atomic E-state index is 5.32. The van der Waals surface area contributed by atoms with Gasteiger partial charge >= 0.3 is 0 Å². The van der Waals surface area contributed by atoms with Crippen LogP contribution in [-0.2, 0) is 0 Å². The van der Waals surface area contributed by atoms with E-state index in [9.17, 15) is 0 Å². The van der Waals surface area contributed by atoms with Gasteiger partial charge in [-0.2, -0.15) is 0 Å². The van der Waals surface area contributed by atoms with Crippen LogP contribution in [0, 0.1) is 11.8 Å². The lowest BCUT2D eigenvalue weighted by Gasteiger charge is -1.96. The summed E-state index contributed by atoms with van der Waals surface area (Å²) in [5, 5.41) is 0. The van der Waals surface area contributed by atoms with Gasteiger partial charge in [-0.1, -0.05) is 62.5 Å². The molecule has 0 N–H and O–H groups in total. The zero-order valence-electron chi connectivity index (χ0n) is 8.48. The molecule has 0 radical (unpaired) electrons. The Bertz CT molecular complexity index is 171. The van der Waals surface area contributed by atoms with Crippen molar-refractivity contribution in [2.24, 2.45) is 0 Å². The average molecular weight is 199 g/mol. The van der Waals surface area contributed by atoms with E-state index in [-0.39, 0.29) is 0 Å². The van der Waals surface area contributed by atoms with Crippen molar-refractivity contribution >= 4 is 11.6 Å². The molecular formula is C12H19Cl. The highest BCUT2D eigenvalue weighted by molar-refractivity contribution is 6.25. The maximum atomic E-state index is 5.32. The topological polar surface area (TPSA) is 0 Å². The first-order valence-corrected chi connectivity index (χ1v) is 5.59. The van der Waals surface area contributed by atoms with Crippen LogP contribution in [0.1, 0.15) is 51.9 Å². The van der Waals surface area contributed by atoms with E-state index in [0.717, 1.165) is 6.42 Å². The Morgan fingerprint density at radius 3 is 2.46 bits per heavy atom. The standard InChI is InChI=1S/C12H19Cl/c1-2-3-4-5-6-7-8-9-10-11-12-13/h11-12H,2-8H2,1H3/b12-11+. The quantitative estimate of drug-likeness (QED) is 0.436. The highest BCUT2D eigenvalue weighted by atomic mass is 35.5. The molecule has 0 saturated heterocycles. The number of hydrogen-bond donors (Lipinski definition) is 0. The van der Waals surface area contributed by atoms with Gasteiger partial charge in [0.15, 0.2) is 0 Å². The zero-order valence-corrected chi connectivity index (χ0v) is 9.24. The summed E-state index contributed by atoms with van der Waals surface area (Å²) in [6, 6.07) is 0. The fraction of sp³-hybridized carbons (Fsp3) is 0.667. The lowest BCUT2D eigenvalue weighted by molar-refractivity contribution is 0.614. The normalized spacial score (nSPS) is 10.0. The molecular weight excluding hydrogens is 180 g/mol. The third-order valence-corrected chi connectivity index (χ3v) is 2.03. The summed E-state index contributed by atoms with van der Waals surface area (Å²) in [6.45, 7) is 2.24. The third-order valence-electron chi connectivity index (χ3n) is 1.90. The predicted molar refractivity (Wildman–Crippen MR) is 60.8 cm³/mol. The van der Waals surface area contributed by atoms with Crippen molar-refractivity contribution < 1.29 is 0 Å². The monoisotopic (exact) mass is 198 g/mol. The van der Waals surface area contributed by atoms with Gasteiger partial charge in [-0.3, -0.25) is 0 Å². The van der Waals surface area contributed by atoms with E-state index >= 15 is 0 Å². The van der Waals surface area contributed by atoms with Crippen LogP contribution >= 0.6 is 11.6 Å². The molecule has 0 aliphatic carbocycles. The highest BCUT2D eigenvalue weighted by Crippen LogP contribution is 2.05. The minimum Gasteiger partial charge on any atom is -0.0985 e. The molecule has 0 rings (SSSR count). The molecule has 0 saturated carbocycles. The van der Waals surface area contributed by atoms with Crippen molar-refractivity contribution in [3.8, 4) is 11.8 Å². The summed E-state index contributed by atoms with van der Waals surface area (Å²) < 4.78 is 0. The Hall–Kier alpha value is -0.410. The van der Waals surface area contributed by atoms with Gasteiger partial charge in [0.05, 0.1) is 0 Å². The largest absolute Gasteiger partial charge is 0.0985 e. The molecule has 0 heterocycles. The van der Waals surface area contributed by atoms with Crippen LogP contribution in [0.15, 0.2) is 11.6 Å². The SMILES string of the molecule is CCCCCCCCC#C/C=C/Cl. The number of rotatable bonds is 6. The summed E-state index contributed by atoms with van der Waals surface area (Å²) >= 11 is 5.32. The predicted octanol–water partition coefficient (Wildman–Crippen LogP) is 4.49. The Balaban J connectivity index is 3.04. The number of allylic oxidation sites excluding steroid dienone is 1. The Kier molecular flexibility index (Phi) is 11.2. The van der Waals surface area contributed by atoms with Crippen LogP contribution in [0.4, 0.5) is 0 Å². The second-order valence-corrected chi connectivity index (χ2v) is 3.38. The summed E-state index contributed by atoms with van der Waals surface area (Å²) in [6.07, 6.45) is 10.7. The van der Waals surface area contributed by atoms with E-state index in [1.165, 1.54) is 44.1 Å². The molecule has 0 amide bonds. The van der Waals surface area contributed by atoms with Gasteiger partial charge in [0.2, 0.25) is 0 Å². The van der Waals surface area contributed by atoms with E-state index in [1.54, 1.807) is 6.08 Å². The average Bonchev–Trinajstić information content (AvgIpc) is 2.16. The number of halogens is 1. The van der Waals surface area contributed by atoms with Crippen molar-refractivity contribution in [1.29, 1.82) is 0 Å². The van der Waals surface area contributed by atoms with Gasteiger partial charge in [-0.15, -0.1) is 0 Å².